The number of halogens is 2. The van der Waals surface area contributed by atoms with Gasteiger partial charge in [0.1, 0.15) is 9.96 Å². The first-order valence-corrected chi connectivity index (χ1v) is 8.13. The molecule has 0 saturated carbocycles. The van der Waals surface area contributed by atoms with Crippen molar-refractivity contribution in [1.29, 1.82) is 0 Å². The number of benzene rings is 1. The number of para-hydroxylation sites is 2. The van der Waals surface area contributed by atoms with Gasteiger partial charge in [-0.15, -0.1) is 11.3 Å². The number of rotatable bonds is 3. The quantitative estimate of drug-likeness (QED) is 0.812. The summed E-state index contributed by atoms with van der Waals surface area (Å²) in [4.78, 5) is 0. The van der Waals surface area contributed by atoms with E-state index in [1.54, 1.807) is 12.1 Å². The van der Waals surface area contributed by atoms with Crippen LogP contribution in [0.25, 0.3) is 0 Å². The Morgan fingerprint density at radius 2 is 2.00 bits per heavy atom. The Balaban J connectivity index is 2.36. The molecule has 1 aromatic heterocycles. The predicted molar refractivity (Wildman–Crippen MR) is 75.9 cm³/mol. The van der Waals surface area contributed by atoms with Crippen LogP contribution in [0.15, 0.2) is 38.3 Å². The Bertz CT molecular complexity index is 665. The van der Waals surface area contributed by atoms with Gasteiger partial charge in [0.05, 0.1) is 14.5 Å². The zero-order valence-electron chi connectivity index (χ0n) is 8.72. The molecule has 0 atom stereocenters. The summed E-state index contributed by atoms with van der Waals surface area (Å²) >= 11 is 9.94. The van der Waals surface area contributed by atoms with Crippen LogP contribution in [0.5, 0.6) is 5.75 Å². The van der Waals surface area contributed by atoms with Crippen LogP contribution < -0.4 is 4.72 Å². The molecular formula is C10H7BrClNO3S2. The molecule has 2 aromatic rings. The number of aromatic hydroxyl groups is 1. The van der Waals surface area contributed by atoms with E-state index in [4.69, 9.17) is 11.6 Å². The second-order valence-corrected chi connectivity index (χ2v) is 8.00. The molecule has 4 nitrogen and oxygen atoms in total. The van der Waals surface area contributed by atoms with Gasteiger partial charge in [0.15, 0.2) is 0 Å². The molecule has 0 unspecified atom stereocenters. The van der Waals surface area contributed by atoms with Gasteiger partial charge in [0.25, 0.3) is 10.0 Å². The summed E-state index contributed by atoms with van der Waals surface area (Å²) in [6.07, 6.45) is 0. The van der Waals surface area contributed by atoms with Gasteiger partial charge in [-0.2, -0.15) is 0 Å². The predicted octanol–water partition coefficient (Wildman–Crippen LogP) is 3.67. The fourth-order valence-corrected chi connectivity index (χ4v) is 4.69. The van der Waals surface area contributed by atoms with Gasteiger partial charge in [-0.1, -0.05) is 23.7 Å². The Morgan fingerprint density at radius 3 is 2.56 bits per heavy atom. The number of sulfonamides is 1. The van der Waals surface area contributed by atoms with Crippen molar-refractivity contribution in [3.8, 4) is 5.75 Å². The van der Waals surface area contributed by atoms with E-state index in [0.29, 0.717) is 8.81 Å². The molecule has 2 N–H and O–H groups in total. The molecule has 0 aliphatic carbocycles. The van der Waals surface area contributed by atoms with Crippen molar-refractivity contribution in [3.05, 3.63) is 39.1 Å². The van der Waals surface area contributed by atoms with Crippen LogP contribution in [0.1, 0.15) is 0 Å². The Kier molecular flexibility index (Phi) is 3.86. The van der Waals surface area contributed by atoms with E-state index in [2.05, 4.69) is 20.7 Å². The minimum atomic E-state index is -3.74. The lowest BCUT2D eigenvalue weighted by Crippen LogP contribution is -2.11. The first-order chi connectivity index (χ1) is 8.40. The van der Waals surface area contributed by atoms with Gasteiger partial charge in [-0.25, -0.2) is 8.42 Å². The molecular weight excluding hydrogens is 362 g/mol. The maximum Gasteiger partial charge on any atom is 0.271 e. The van der Waals surface area contributed by atoms with Crippen LogP contribution in [0.2, 0.25) is 5.02 Å². The topological polar surface area (TPSA) is 66.4 Å². The van der Waals surface area contributed by atoms with Crippen LogP contribution in [-0.4, -0.2) is 13.5 Å². The average molecular weight is 369 g/mol. The van der Waals surface area contributed by atoms with Crippen molar-refractivity contribution < 1.29 is 13.5 Å². The summed E-state index contributed by atoms with van der Waals surface area (Å²) in [5.41, 5.74) is 0.123. The first-order valence-electron chi connectivity index (χ1n) is 4.66. The van der Waals surface area contributed by atoms with Crippen molar-refractivity contribution in [2.75, 3.05) is 4.72 Å². The lowest BCUT2D eigenvalue weighted by atomic mass is 10.3. The van der Waals surface area contributed by atoms with Gasteiger partial charge in [-0.3, -0.25) is 4.72 Å². The average Bonchev–Trinajstić information content (AvgIpc) is 2.63. The zero-order chi connectivity index (χ0) is 13.3. The van der Waals surface area contributed by atoms with E-state index < -0.39 is 10.0 Å². The van der Waals surface area contributed by atoms with Crippen LogP contribution in [-0.2, 0) is 10.0 Å². The molecule has 0 amide bonds. The van der Waals surface area contributed by atoms with Crippen LogP contribution in [0.4, 0.5) is 5.69 Å². The van der Waals surface area contributed by atoms with E-state index >= 15 is 0 Å². The molecule has 0 bridgehead atoms. The Hall–Kier alpha value is -0.760. The molecule has 0 fully saturated rings. The minimum Gasteiger partial charge on any atom is -0.506 e. The summed E-state index contributed by atoms with van der Waals surface area (Å²) in [6.45, 7) is 0. The molecule has 0 aliphatic heterocycles. The second-order valence-electron chi connectivity index (χ2n) is 3.31. The molecule has 0 aliphatic rings. The van der Waals surface area contributed by atoms with Crippen molar-refractivity contribution in [1.82, 2.24) is 0 Å². The molecule has 1 aromatic carbocycles. The summed E-state index contributed by atoms with van der Waals surface area (Å²) in [7, 11) is -3.74. The number of hydrogen-bond donors (Lipinski definition) is 2. The van der Waals surface area contributed by atoms with E-state index in [9.17, 15) is 13.5 Å². The van der Waals surface area contributed by atoms with E-state index in [1.807, 2.05) is 0 Å². The van der Waals surface area contributed by atoms with Crippen molar-refractivity contribution in [2.24, 2.45) is 0 Å². The number of phenolic OH excluding ortho intramolecular Hbond substituents is 1. The number of thiophene rings is 1. The number of hydrogen-bond acceptors (Lipinski definition) is 4. The molecule has 96 valence electrons. The van der Waals surface area contributed by atoms with Crippen molar-refractivity contribution in [3.63, 3.8) is 0 Å². The van der Waals surface area contributed by atoms with Crippen LogP contribution in [0, 0.1) is 0 Å². The zero-order valence-corrected chi connectivity index (χ0v) is 12.7. The minimum absolute atomic E-state index is 0.0719. The Morgan fingerprint density at radius 1 is 1.33 bits per heavy atom. The molecule has 1 heterocycles. The Labute approximate surface area is 121 Å². The third-order valence-electron chi connectivity index (χ3n) is 2.04. The van der Waals surface area contributed by atoms with Gasteiger partial charge < -0.3 is 5.11 Å². The molecule has 18 heavy (non-hydrogen) atoms. The monoisotopic (exact) mass is 367 g/mol. The molecule has 0 saturated heterocycles. The summed E-state index contributed by atoms with van der Waals surface area (Å²) < 4.78 is 27.0. The largest absolute Gasteiger partial charge is 0.506 e. The van der Waals surface area contributed by atoms with E-state index in [1.165, 1.54) is 18.2 Å². The SMILES string of the molecule is O=S(=O)(Nc1ccccc1O)c1cc(Cl)c(Br)s1. The standard InChI is InChI=1S/C10H7BrClNO3S2/c11-10-6(12)5-9(17-10)18(15,16)13-7-3-1-2-4-8(7)14/h1-5,13-14H. The second kappa shape index (κ2) is 5.08. The highest BCUT2D eigenvalue weighted by molar-refractivity contribution is 9.11. The van der Waals surface area contributed by atoms with Gasteiger partial charge >= 0.3 is 0 Å². The number of nitrogens with one attached hydrogen (secondary N) is 1. The maximum absolute atomic E-state index is 12.0. The van der Waals surface area contributed by atoms with E-state index in [-0.39, 0.29) is 15.6 Å². The third-order valence-corrected chi connectivity index (χ3v) is 6.35. The maximum atomic E-state index is 12.0. The van der Waals surface area contributed by atoms with Gasteiger partial charge in [-0.05, 0) is 34.1 Å². The summed E-state index contributed by atoms with van der Waals surface area (Å²) in [5, 5.41) is 9.85. The van der Waals surface area contributed by atoms with Crippen molar-refractivity contribution in [2.45, 2.75) is 4.21 Å². The molecule has 2 rings (SSSR count). The highest BCUT2D eigenvalue weighted by Crippen LogP contribution is 2.36. The number of anilines is 1. The smallest absolute Gasteiger partial charge is 0.271 e. The highest BCUT2D eigenvalue weighted by atomic mass is 79.9. The number of phenols is 1. The molecule has 0 radical (unpaired) electrons. The normalized spacial score (nSPS) is 11.4. The third kappa shape index (κ3) is 2.80. The van der Waals surface area contributed by atoms with Gasteiger partial charge in [0, 0.05) is 0 Å². The van der Waals surface area contributed by atoms with Crippen LogP contribution in [0.3, 0.4) is 0 Å². The molecule has 0 spiro atoms. The van der Waals surface area contributed by atoms with Gasteiger partial charge in [0.2, 0.25) is 0 Å². The fourth-order valence-electron chi connectivity index (χ4n) is 1.21. The molecule has 8 heteroatoms. The lowest BCUT2D eigenvalue weighted by Gasteiger charge is -2.07. The van der Waals surface area contributed by atoms with E-state index in [0.717, 1.165) is 11.3 Å². The fraction of sp³-hybridized carbons (Fsp3) is 0. The summed E-state index contributed by atoms with van der Waals surface area (Å²) in [5.74, 6) is -0.136. The van der Waals surface area contributed by atoms with Crippen molar-refractivity contribution >= 4 is 54.6 Å². The lowest BCUT2D eigenvalue weighted by molar-refractivity contribution is 0.477. The first kappa shape index (κ1) is 13.7. The highest BCUT2D eigenvalue weighted by Gasteiger charge is 2.20. The van der Waals surface area contributed by atoms with Crippen LogP contribution >= 0.6 is 38.9 Å². The summed E-state index contributed by atoms with van der Waals surface area (Å²) in [6, 6.07) is 7.44.